The number of anilines is 1. The Hall–Kier alpha value is -1.20. The molecule has 0 atom stereocenters. The lowest BCUT2D eigenvalue weighted by Crippen LogP contribution is -2.15. The van der Waals surface area contributed by atoms with Crippen LogP contribution in [0.25, 0.3) is 0 Å². The fourth-order valence-corrected chi connectivity index (χ4v) is 2.52. The number of carbonyl (C=O) groups excluding carboxylic acids is 2. The molecule has 0 saturated carbocycles. The summed E-state index contributed by atoms with van der Waals surface area (Å²) in [5.74, 6) is 0.844. The van der Waals surface area contributed by atoms with Gasteiger partial charge in [-0.25, -0.2) is 0 Å². The second-order valence-corrected chi connectivity index (χ2v) is 5.78. The van der Waals surface area contributed by atoms with Gasteiger partial charge in [0, 0.05) is 17.1 Å². The second-order valence-electron chi connectivity index (χ2n) is 4.24. The molecule has 0 unspecified atom stereocenters. The number of benzene rings is 1. The average molecular weight is 316 g/mol. The first-order valence-electron chi connectivity index (χ1n) is 6.23. The van der Waals surface area contributed by atoms with E-state index < -0.39 is 0 Å². The van der Waals surface area contributed by atoms with E-state index in [0.29, 0.717) is 23.6 Å². The topological polar surface area (TPSA) is 55.4 Å². The van der Waals surface area contributed by atoms with E-state index in [1.165, 1.54) is 18.9 Å². The summed E-state index contributed by atoms with van der Waals surface area (Å²) in [5.41, 5.74) is 1.70. The van der Waals surface area contributed by atoms with Crippen molar-refractivity contribution in [3.8, 4) is 0 Å². The van der Waals surface area contributed by atoms with Crippen LogP contribution in [0.1, 0.15) is 18.4 Å². The third kappa shape index (κ3) is 6.30. The molecule has 0 aromatic heterocycles. The van der Waals surface area contributed by atoms with Crippen LogP contribution in [0.4, 0.5) is 5.69 Å². The molecule has 1 N–H and O–H groups in total. The molecular weight excluding hydrogens is 298 g/mol. The molecule has 1 amide bonds. The lowest BCUT2D eigenvalue weighted by Gasteiger charge is -2.08. The van der Waals surface area contributed by atoms with Crippen molar-refractivity contribution in [1.82, 2.24) is 0 Å². The fourth-order valence-electron chi connectivity index (χ4n) is 1.54. The normalized spacial score (nSPS) is 10.2. The molecule has 110 valence electrons. The number of rotatable bonds is 7. The van der Waals surface area contributed by atoms with Gasteiger partial charge < -0.3 is 10.1 Å². The number of thioether (sulfide) groups is 1. The number of esters is 1. The SMILES string of the molecule is COC(=O)CCCSCC(=O)Nc1ccc(Cl)cc1C. The standard InChI is InChI=1S/C14H18ClNO3S/c1-10-8-11(15)5-6-12(10)16-13(17)9-20-7-3-4-14(18)19-2/h5-6,8H,3-4,7,9H2,1-2H3,(H,16,17). The Morgan fingerprint density at radius 1 is 1.40 bits per heavy atom. The molecule has 0 aliphatic rings. The summed E-state index contributed by atoms with van der Waals surface area (Å²) in [6, 6.07) is 5.34. The van der Waals surface area contributed by atoms with Crippen molar-refractivity contribution in [2.75, 3.05) is 23.9 Å². The zero-order valence-corrected chi connectivity index (χ0v) is 13.1. The molecule has 0 saturated heterocycles. The van der Waals surface area contributed by atoms with Crippen molar-refractivity contribution in [1.29, 1.82) is 0 Å². The Labute approximate surface area is 128 Å². The number of nitrogens with one attached hydrogen (secondary N) is 1. The molecule has 0 aliphatic carbocycles. The van der Waals surface area contributed by atoms with Crippen LogP contribution in [0.5, 0.6) is 0 Å². The number of aryl methyl sites for hydroxylation is 1. The van der Waals surface area contributed by atoms with Crippen LogP contribution in [-0.4, -0.2) is 30.5 Å². The minimum Gasteiger partial charge on any atom is -0.469 e. The molecule has 0 bridgehead atoms. The highest BCUT2D eigenvalue weighted by atomic mass is 35.5. The van der Waals surface area contributed by atoms with Gasteiger partial charge in [-0.1, -0.05) is 11.6 Å². The van der Waals surface area contributed by atoms with Crippen molar-refractivity contribution in [2.24, 2.45) is 0 Å². The van der Waals surface area contributed by atoms with E-state index in [0.717, 1.165) is 17.0 Å². The van der Waals surface area contributed by atoms with Gasteiger partial charge in [-0.3, -0.25) is 9.59 Å². The van der Waals surface area contributed by atoms with Crippen molar-refractivity contribution >= 4 is 40.9 Å². The molecule has 4 nitrogen and oxygen atoms in total. The third-order valence-electron chi connectivity index (χ3n) is 2.59. The lowest BCUT2D eigenvalue weighted by molar-refractivity contribution is -0.140. The first-order chi connectivity index (χ1) is 9.52. The molecule has 1 aromatic rings. The number of hydrogen-bond acceptors (Lipinski definition) is 4. The van der Waals surface area contributed by atoms with Crippen LogP contribution in [0.15, 0.2) is 18.2 Å². The predicted octanol–water partition coefficient (Wildman–Crippen LogP) is 3.27. The number of carbonyl (C=O) groups is 2. The average Bonchev–Trinajstić information content (AvgIpc) is 2.41. The first-order valence-corrected chi connectivity index (χ1v) is 7.76. The molecule has 1 aromatic carbocycles. The number of hydrogen-bond donors (Lipinski definition) is 1. The van der Waals surface area contributed by atoms with Crippen LogP contribution in [0.3, 0.4) is 0 Å². The smallest absolute Gasteiger partial charge is 0.305 e. The van der Waals surface area contributed by atoms with Gasteiger partial charge in [0.15, 0.2) is 0 Å². The van der Waals surface area contributed by atoms with E-state index in [1.54, 1.807) is 18.2 Å². The Balaban J connectivity index is 2.25. The van der Waals surface area contributed by atoms with Gasteiger partial charge in [-0.15, -0.1) is 0 Å². The van der Waals surface area contributed by atoms with E-state index in [2.05, 4.69) is 10.1 Å². The van der Waals surface area contributed by atoms with Gasteiger partial charge >= 0.3 is 5.97 Å². The van der Waals surface area contributed by atoms with Gasteiger partial charge in [0.05, 0.1) is 12.9 Å². The minimum atomic E-state index is -0.216. The molecular formula is C14H18ClNO3S. The van der Waals surface area contributed by atoms with Gasteiger partial charge in [0.2, 0.25) is 5.91 Å². The molecule has 0 aliphatic heterocycles. The van der Waals surface area contributed by atoms with Gasteiger partial charge in [0.1, 0.15) is 0 Å². The fraction of sp³-hybridized carbons (Fsp3) is 0.429. The van der Waals surface area contributed by atoms with Crippen molar-refractivity contribution in [3.63, 3.8) is 0 Å². The highest BCUT2D eigenvalue weighted by Gasteiger charge is 2.06. The third-order valence-corrected chi connectivity index (χ3v) is 3.87. The predicted molar refractivity (Wildman–Crippen MR) is 83.4 cm³/mol. The Morgan fingerprint density at radius 3 is 2.80 bits per heavy atom. The maximum Gasteiger partial charge on any atom is 0.305 e. The van der Waals surface area contributed by atoms with E-state index in [1.807, 2.05) is 6.92 Å². The van der Waals surface area contributed by atoms with Crippen LogP contribution < -0.4 is 5.32 Å². The van der Waals surface area contributed by atoms with Crippen LogP contribution >= 0.6 is 23.4 Å². The Morgan fingerprint density at radius 2 is 2.15 bits per heavy atom. The summed E-state index contributed by atoms with van der Waals surface area (Å²) in [4.78, 5) is 22.6. The summed E-state index contributed by atoms with van der Waals surface area (Å²) >= 11 is 7.35. The summed E-state index contributed by atoms with van der Waals surface area (Å²) in [6.07, 6.45) is 1.10. The zero-order chi connectivity index (χ0) is 15.0. The molecule has 0 fully saturated rings. The molecule has 0 spiro atoms. The number of methoxy groups -OCH3 is 1. The maximum absolute atomic E-state index is 11.7. The lowest BCUT2D eigenvalue weighted by atomic mass is 10.2. The highest BCUT2D eigenvalue weighted by Crippen LogP contribution is 2.19. The highest BCUT2D eigenvalue weighted by molar-refractivity contribution is 7.99. The van der Waals surface area contributed by atoms with Gasteiger partial charge in [-0.2, -0.15) is 11.8 Å². The number of amides is 1. The zero-order valence-electron chi connectivity index (χ0n) is 11.6. The summed E-state index contributed by atoms with van der Waals surface area (Å²) in [6.45, 7) is 1.89. The molecule has 20 heavy (non-hydrogen) atoms. The number of halogens is 1. The first kappa shape index (κ1) is 16.9. The quantitative estimate of drug-likeness (QED) is 0.620. The van der Waals surface area contributed by atoms with Crippen LogP contribution in [0, 0.1) is 6.92 Å². The second kappa shape index (κ2) is 8.87. The summed E-state index contributed by atoms with van der Waals surface area (Å²) < 4.78 is 4.54. The summed E-state index contributed by atoms with van der Waals surface area (Å²) in [5, 5.41) is 3.49. The van der Waals surface area contributed by atoms with Crippen molar-refractivity contribution in [2.45, 2.75) is 19.8 Å². The van der Waals surface area contributed by atoms with Crippen LogP contribution in [0.2, 0.25) is 5.02 Å². The minimum absolute atomic E-state index is 0.0570. The largest absolute Gasteiger partial charge is 0.469 e. The summed E-state index contributed by atoms with van der Waals surface area (Å²) in [7, 11) is 1.37. The maximum atomic E-state index is 11.7. The molecule has 6 heteroatoms. The van der Waals surface area contributed by atoms with Gasteiger partial charge in [0.25, 0.3) is 0 Å². The Bertz CT molecular complexity index is 479. The van der Waals surface area contributed by atoms with Crippen molar-refractivity contribution in [3.05, 3.63) is 28.8 Å². The van der Waals surface area contributed by atoms with E-state index in [-0.39, 0.29) is 11.9 Å². The van der Waals surface area contributed by atoms with E-state index in [4.69, 9.17) is 11.6 Å². The Kier molecular flexibility index (Phi) is 7.47. The molecule has 0 heterocycles. The molecule has 0 radical (unpaired) electrons. The monoisotopic (exact) mass is 315 g/mol. The number of ether oxygens (including phenoxy) is 1. The van der Waals surface area contributed by atoms with Gasteiger partial charge in [-0.05, 0) is 42.9 Å². The van der Waals surface area contributed by atoms with E-state index in [9.17, 15) is 9.59 Å². The van der Waals surface area contributed by atoms with E-state index >= 15 is 0 Å². The molecule has 1 rings (SSSR count). The van der Waals surface area contributed by atoms with Crippen LogP contribution in [-0.2, 0) is 14.3 Å². The van der Waals surface area contributed by atoms with Crippen molar-refractivity contribution < 1.29 is 14.3 Å².